The van der Waals surface area contributed by atoms with Gasteiger partial charge >= 0.3 is 0 Å². The van der Waals surface area contributed by atoms with Crippen molar-refractivity contribution < 1.29 is 0 Å². The molecule has 0 spiro atoms. The van der Waals surface area contributed by atoms with Gasteiger partial charge in [-0.2, -0.15) is 0 Å². The van der Waals surface area contributed by atoms with E-state index in [1.807, 2.05) is 0 Å². The molecule has 3 nitrogen and oxygen atoms in total. The zero-order valence-corrected chi connectivity index (χ0v) is 12.0. The van der Waals surface area contributed by atoms with E-state index < -0.39 is 0 Å². The summed E-state index contributed by atoms with van der Waals surface area (Å²) in [6.45, 7) is 5.12. The minimum atomic E-state index is 0.343. The molecule has 1 aliphatic rings. The maximum atomic E-state index is 5.93. The van der Waals surface area contributed by atoms with Gasteiger partial charge in [-0.1, -0.05) is 29.8 Å². The summed E-state index contributed by atoms with van der Waals surface area (Å²) < 4.78 is 0. The van der Waals surface area contributed by atoms with Crippen LogP contribution < -0.4 is 5.73 Å². The highest BCUT2D eigenvalue weighted by molar-refractivity contribution is 7.13. The normalized spacial score (nSPS) is 20.0. The Labute approximate surface area is 118 Å². The summed E-state index contributed by atoms with van der Waals surface area (Å²) >= 11 is 1.72. The summed E-state index contributed by atoms with van der Waals surface area (Å²) in [4.78, 5) is 7.12. The van der Waals surface area contributed by atoms with Gasteiger partial charge in [-0.3, -0.25) is 4.90 Å². The zero-order chi connectivity index (χ0) is 13.2. The average Bonchev–Trinajstić information content (AvgIpc) is 3.00. The second-order valence-electron chi connectivity index (χ2n) is 5.29. The van der Waals surface area contributed by atoms with E-state index >= 15 is 0 Å². The molecule has 19 heavy (non-hydrogen) atoms. The van der Waals surface area contributed by atoms with Gasteiger partial charge in [-0.25, -0.2) is 4.98 Å². The third-order valence-electron chi connectivity index (χ3n) is 3.54. The van der Waals surface area contributed by atoms with E-state index in [4.69, 9.17) is 10.7 Å². The number of rotatable bonds is 3. The molecule has 1 atom stereocenters. The summed E-state index contributed by atoms with van der Waals surface area (Å²) in [7, 11) is 0. The van der Waals surface area contributed by atoms with Gasteiger partial charge < -0.3 is 5.73 Å². The number of thiazole rings is 1. The summed E-state index contributed by atoms with van der Waals surface area (Å²) in [6, 6.07) is 8.90. The second-order valence-corrected chi connectivity index (χ2v) is 6.15. The standard InChI is InChI=1S/C15H19N3S/c1-11-2-4-12(5-3-11)15-17-14(10-19-15)9-18-7-6-13(16)8-18/h2-5,10,13H,6-9,16H2,1H3/t13-/m1/s1. The maximum Gasteiger partial charge on any atom is 0.123 e. The van der Waals surface area contributed by atoms with Crippen LogP contribution in [0.15, 0.2) is 29.6 Å². The molecular formula is C15H19N3S. The van der Waals surface area contributed by atoms with Crippen LogP contribution >= 0.6 is 11.3 Å². The number of hydrogen-bond acceptors (Lipinski definition) is 4. The molecule has 4 heteroatoms. The van der Waals surface area contributed by atoms with Gasteiger partial charge in [0.25, 0.3) is 0 Å². The van der Waals surface area contributed by atoms with Gasteiger partial charge in [0.05, 0.1) is 5.69 Å². The number of aromatic nitrogens is 1. The molecular weight excluding hydrogens is 254 g/mol. The number of benzene rings is 1. The van der Waals surface area contributed by atoms with Gasteiger partial charge in [0, 0.05) is 36.6 Å². The van der Waals surface area contributed by atoms with Crippen molar-refractivity contribution in [1.29, 1.82) is 0 Å². The van der Waals surface area contributed by atoms with Crippen molar-refractivity contribution >= 4 is 11.3 Å². The zero-order valence-electron chi connectivity index (χ0n) is 11.2. The third-order valence-corrected chi connectivity index (χ3v) is 4.48. The van der Waals surface area contributed by atoms with Crippen molar-refractivity contribution in [3.8, 4) is 10.6 Å². The maximum absolute atomic E-state index is 5.93. The smallest absolute Gasteiger partial charge is 0.123 e. The molecule has 1 aromatic heterocycles. The number of aryl methyl sites for hydroxylation is 1. The fourth-order valence-corrected chi connectivity index (χ4v) is 3.26. The first kappa shape index (κ1) is 12.8. The lowest BCUT2D eigenvalue weighted by Gasteiger charge is -2.12. The number of nitrogens with zero attached hydrogens (tertiary/aromatic N) is 2. The third kappa shape index (κ3) is 3.03. The Balaban J connectivity index is 1.71. The lowest BCUT2D eigenvalue weighted by Crippen LogP contribution is -2.26. The van der Waals surface area contributed by atoms with Gasteiger partial charge in [0.1, 0.15) is 5.01 Å². The van der Waals surface area contributed by atoms with Crippen molar-refractivity contribution in [2.45, 2.75) is 25.9 Å². The predicted octanol–water partition coefficient (Wildman–Crippen LogP) is 2.65. The van der Waals surface area contributed by atoms with E-state index in [1.54, 1.807) is 11.3 Å². The van der Waals surface area contributed by atoms with E-state index in [1.165, 1.54) is 11.1 Å². The first-order chi connectivity index (χ1) is 9.20. The number of likely N-dealkylation sites (tertiary alicyclic amines) is 1. The Kier molecular flexibility index (Phi) is 3.64. The molecule has 0 unspecified atom stereocenters. The van der Waals surface area contributed by atoms with Crippen LogP contribution in [0.3, 0.4) is 0 Å². The Morgan fingerprint density at radius 3 is 2.84 bits per heavy atom. The van der Waals surface area contributed by atoms with Crippen molar-refractivity contribution in [2.24, 2.45) is 5.73 Å². The van der Waals surface area contributed by atoms with Crippen molar-refractivity contribution in [2.75, 3.05) is 13.1 Å². The second kappa shape index (κ2) is 5.41. The highest BCUT2D eigenvalue weighted by Gasteiger charge is 2.19. The highest BCUT2D eigenvalue weighted by atomic mass is 32.1. The van der Waals surface area contributed by atoms with Crippen LogP contribution in [0.25, 0.3) is 10.6 Å². The molecule has 1 aromatic carbocycles. The van der Waals surface area contributed by atoms with Gasteiger partial charge in [0.2, 0.25) is 0 Å². The largest absolute Gasteiger partial charge is 0.326 e. The minimum Gasteiger partial charge on any atom is -0.326 e. The number of nitrogens with two attached hydrogens (primary N) is 1. The summed E-state index contributed by atoms with van der Waals surface area (Å²) in [6.07, 6.45) is 1.11. The van der Waals surface area contributed by atoms with Crippen LogP contribution in [0.1, 0.15) is 17.7 Å². The lowest BCUT2D eigenvalue weighted by atomic mass is 10.2. The van der Waals surface area contributed by atoms with Gasteiger partial charge in [-0.15, -0.1) is 11.3 Å². The molecule has 0 saturated carbocycles. The van der Waals surface area contributed by atoms with Crippen LogP contribution in [-0.4, -0.2) is 29.0 Å². The fraction of sp³-hybridized carbons (Fsp3) is 0.400. The molecule has 1 fully saturated rings. The summed E-state index contributed by atoms with van der Waals surface area (Å²) in [5, 5.41) is 3.28. The SMILES string of the molecule is Cc1ccc(-c2nc(CN3CC[C@@H](N)C3)cs2)cc1. The predicted molar refractivity (Wildman–Crippen MR) is 80.2 cm³/mol. The van der Waals surface area contributed by atoms with Gasteiger partial charge in [-0.05, 0) is 13.3 Å². The minimum absolute atomic E-state index is 0.343. The van der Waals surface area contributed by atoms with E-state index in [9.17, 15) is 0 Å². The lowest BCUT2D eigenvalue weighted by molar-refractivity contribution is 0.323. The molecule has 0 bridgehead atoms. The van der Waals surface area contributed by atoms with E-state index in [0.29, 0.717) is 6.04 Å². The molecule has 100 valence electrons. The Hall–Kier alpha value is -1.23. The van der Waals surface area contributed by atoms with Crippen LogP contribution in [0.2, 0.25) is 0 Å². The van der Waals surface area contributed by atoms with Crippen LogP contribution in [-0.2, 0) is 6.54 Å². The molecule has 2 heterocycles. The monoisotopic (exact) mass is 273 g/mol. The molecule has 0 radical (unpaired) electrons. The molecule has 1 aliphatic heterocycles. The first-order valence-corrected chi connectivity index (χ1v) is 7.58. The summed E-state index contributed by atoms with van der Waals surface area (Å²) in [5.41, 5.74) is 9.58. The van der Waals surface area contributed by atoms with Crippen LogP contribution in [0.5, 0.6) is 0 Å². The molecule has 2 aromatic rings. The van der Waals surface area contributed by atoms with E-state index in [-0.39, 0.29) is 0 Å². The van der Waals surface area contributed by atoms with E-state index in [2.05, 4.69) is 41.5 Å². The Bertz CT molecular complexity index is 547. The van der Waals surface area contributed by atoms with Crippen LogP contribution in [0, 0.1) is 6.92 Å². The molecule has 0 aliphatic carbocycles. The Morgan fingerprint density at radius 2 is 2.16 bits per heavy atom. The fourth-order valence-electron chi connectivity index (χ4n) is 2.44. The quantitative estimate of drug-likeness (QED) is 0.935. The van der Waals surface area contributed by atoms with Gasteiger partial charge in [0.15, 0.2) is 0 Å². The average molecular weight is 273 g/mol. The van der Waals surface area contributed by atoms with Crippen molar-refractivity contribution in [3.05, 3.63) is 40.9 Å². The topological polar surface area (TPSA) is 42.2 Å². The first-order valence-electron chi connectivity index (χ1n) is 6.70. The molecule has 3 rings (SSSR count). The number of hydrogen-bond donors (Lipinski definition) is 1. The van der Waals surface area contributed by atoms with Crippen molar-refractivity contribution in [3.63, 3.8) is 0 Å². The molecule has 0 amide bonds. The highest BCUT2D eigenvalue weighted by Crippen LogP contribution is 2.25. The Morgan fingerprint density at radius 1 is 1.37 bits per heavy atom. The molecule has 1 saturated heterocycles. The van der Waals surface area contributed by atoms with E-state index in [0.717, 1.165) is 36.8 Å². The molecule has 2 N–H and O–H groups in total. The van der Waals surface area contributed by atoms with Crippen LogP contribution in [0.4, 0.5) is 0 Å². The van der Waals surface area contributed by atoms with Crippen molar-refractivity contribution in [1.82, 2.24) is 9.88 Å². The summed E-state index contributed by atoms with van der Waals surface area (Å²) in [5.74, 6) is 0.